The molecule has 4 heteroatoms. The van der Waals surface area contributed by atoms with Crippen molar-refractivity contribution in [3.63, 3.8) is 0 Å². The van der Waals surface area contributed by atoms with Gasteiger partial charge in [-0.3, -0.25) is 10.2 Å². The fourth-order valence-corrected chi connectivity index (χ4v) is 0.620. The van der Waals surface area contributed by atoms with Crippen LogP contribution in [0.1, 0.15) is 20.8 Å². The Labute approximate surface area is 72.3 Å². The van der Waals surface area contributed by atoms with E-state index in [-0.39, 0.29) is 17.0 Å². The van der Waals surface area contributed by atoms with Gasteiger partial charge in [0.25, 0.3) is 5.91 Å². The maximum atomic E-state index is 11.3. The van der Waals surface area contributed by atoms with Crippen LogP contribution in [0.4, 0.5) is 0 Å². The number of amides is 1. The molecule has 0 saturated heterocycles. The van der Waals surface area contributed by atoms with Crippen molar-refractivity contribution in [3.05, 3.63) is 11.8 Å². The average Bonchev–Trinajstić information content (AvgIpc) is 1.85. The first kappa shape index (κ1) is 10.7. The van der Waals surface area contributed by atoms with Crippen LogP contribution in [-0.4, -0.2) is 17.7 Å². The quantitative estimate of drug-likeness (QED) is 0.351. The van der Waals surface area contributed by atoms with Crippen molar-refractivity contribution in [2.24, 2.45) is 5.73 Å². The third kappa shape index (κ3) is 3.75. The molecule has 0 spiro atoms. The van der Waals surface area contributed by atoms with Gasteiger partial charge in [-0.15, -0.1) is 0 Å². The fourth-order valence-electron chi connectivity index (χ4n) is 0.620. The van der Waals surface area contributed by atoms with Gasteiger partial charge in [-0.25, -0.2) is 0 Å². The van der Waals surface area contributed by atoms with Crippen LogP contribution in [0.2, 0.25) is 0 Å². The summed E-state index contributed by atoms with van der Waals surface area (Å²) in [5.74, 6) is -0.257. The minimum Gasteiger partial charge on any atom is -0.404 e. The molecule has 0 atom stereocenters. The van der Waals surface area contributed by atoms with E-state index < -0.39 is 0 Å². The number of carbonyl (C=O) groups excluding carboxylic acids is 1. The Hall–Kier alpha value is -1.32. The zero-order chi connectivity index (χ0) is 9.78. The molecule has 0 aliphatic heterocycles. The minimum absolute atomic E-state index is 0.257. The Morgan fingerprint density at radius 1 is 1.50 bits per heavy atom. The van der Waals surface area contributed by atoms with Gasteiger partial charge in [0.2, 0.25) is 0 Å². The van der Waals surface area contributed by atoms with E-state index >= 15 is 0 Å². The van der Waals surface area contributed by atoms with Crippen molar-refractivity contribution in [1.82, 2.24) is 5.32 Å². The van der Waals surface area contributed by atoms with Gasteiger partial charge >= 0.3 is 0 Å². The van der Waals surface area contributed by atoms with Crippen molar-refractivity contribution in [2.75, 3.05) is 0 Å². The van der Waals surface area contributed by atoms with E-state index in [1.807, 2.05) is 20.8 Å². The van der Waals surface area contributed by atoms with E-state index in [2.05, 4.69) is 5.32 Å². The van der Waals surface area contributed by atoms with E-state index in [9.17, 15) is 4.79 Å². The average molecular weight is 170 g/mol. The standard InChI is InChI=1S/C8H15N3O/c1-8(2,3)11-7(12)6(4-9)5-10/h4-5,9H,10H2,1-3H3,(H,11,12)/p+1/b6-5+,9-4?. The van der Waals surface area contributed by atoms with Gasteiger partial charge in [0.15, 0.2) is 6.21 Å². The summed E-state index contributed by atoms with van der Waals surface area (Å²) < 4.78 is 0. The topological polar surface area (TPSA) is 80.7 Å². The second-order valence-corrected chi connectivity index (χ2v) is 3.49. The van der Waals surface area contributed by atoms with Crippen molar-refractivity contribution < 1.29 is 10.2 Å². The van der Waals surface area contributed by atoms with E-state index in [4.69, 9.17) is 11.1 Å². The van der Waals surface area contributed by atoms with Crippen LogP contribution in [0, 0.1) is 0 Å². The van der Waals surface area contributed by atoms with Gasteiger partial charge in [0, 0.05) is 11.7 Å². The predicted octanol–water partition coefficient (Wildman–Crippen LogP) is -1.43. The third-order valence-corrected chi connectivity index (χ3v) is 1.11. The molecule has 0 saturated carbocycles. The Balaban J connectivity index is 4.32. The van der Waals surface area contributed by atoms with Gasteiger partial charge in [-0.1, -0.05) is 0 Å². The molecule has 0 fully saturated rings. The number of carbonyl (C=O) groups is 1. The largest absolute Gasteiger partial charge is 0.404 e. The smallest absolute Gasteiger partial charge is 0.259 e. The lowest BCUT2D eigenvalue weighted by Crippen LogP contribution is -2.44. The summed E-state index contributed by atoms with van der Waals surface area (Å²) in [5.41, 5.74) is 5.18. The van der Waals surface area contributed by atoms with Crippen molar-refractivity contribution in [2.45, 2.75) is 26.3 Å². The summed E-state index contributed by atoms with van der Waals surface area (Å²) in [7, 11) is 0. The van der Waals surface area contributed by atoms with Crippen LogP contribution in [0.5, 0.6) is 0 Å². The second kappa shape index (κ2) is 3.90. The Morgan fingerprint density at radius 2 is 2.00 bits per heavy atom. The van der Waals surface area contributed by atoms with Crippen LogP contribution in [0.25, 0.3) is 0 Å². The van der Waals surface area contributed by atoms with Crippen LogP contribution in [0.3, 0.4) is 0 Å². The normalized spacial score (nSPS) is 12.4. The van der Waals surface area contributed by atoms with E-state index in [1.165, 1.54) is 12.4 Å². The maximum Gasteiger partial charge on any atom is 0.259 e. The molecule has 0 radical (unpaired) electrons. The van der Waals surface area contributed by atoms with Crippen LogP contribution >= 0.6 is 0 Å². The molecule has 68 valence electrons. The lowest BCUT2D eigenvalue weighted by Gasteiger charge is -2.19. The second-order valence-electron chi connectivity index (χ2n) is 3.49. The van der Waals surface area contributed by atoms with Crippen LogP contribution in [-0.2, 0) is 4.79 Å². The summed E-state index contributed by atoms with van der Waals surface area (Å²) in [4.78, 5) is 11.3. The molecule has 1 amide bonds. The molecule has 12 heavy (non-hydrogen) atoms. The van der Waals surface area contributed by atoms with Gasteiger partial charge in [0.05, 0.1) is 0 Å². The highest BCUT2D eigenvalue weighted by molar-refractivity contribution is 6.10. The lowest BCUT2D eigenvalue weighted by atomic mass is 10.1. The molecule has 0 aliphatic rings. The molecular formula is C8H16N3O+. The molecule has 0 aromatic rings. The minimum atomic E-state index is -0.269. The Bertz CT molecular complexity index is 213. The van der Waals surface area contributed by atoms with Crippen LogP contribution < -0.4 is 16.5 Å². The van der Waals surface area contributed by atoms with E-state index in [0.717, 1.165) is 0 Å². The van der Waals surface area contributed by atoms with Crippen molar-refractivity contribution in [1.29, 1.82) is 0 Å². The van der Waals surface area contributed by atoms with Gasteiger partial charge in [-0.05, 0) is 20.8 Å². The monoisotopic (exact) mass is 170 g/mol. The number of nitrogens with two attached hydrogens (primary N) is 2. The Kier molecular flexibility index (Phi) is 3.47. The molecule has 0 unspecified atom stereocenters. The fraction of sp³-hybridized carbons (Fsp3) is 0.500. The van der Waals surface area contributed by atoms with E-state index in [1.54, 1.807) is 0 Å². The van der Waals surface area contributed by atoms with E-state index in [0.29, 0.717) is 0 Å². The third-order valence-electron chi connectivity index (χ3n) is 1.11. The number of rotatable bonds is 2. The lowest BCUT2D eigenvalue weighted by molar-refractivity contribution is -0.120. The highest BCUT2D eigenvalue weighted by Crippen LogP contribution is 1.99. The summed E-state index contributed by atoms with van der Waals surface area (Å²) in [6, 6.07) is 0. The highest BCUT2D eigenvalue weighted by Gasteiger charge is 2.16. The van der Waals surface area contributed by atoms with Gasteiger partial charge in [-0.2, -0.15) is 0 Å². The summed E-state index contributed by atoms with van der Waals surface area (Å²) >= 11 is 0. The highest BCUT2D eigenvalue weighted by atomic mass is 16.1. The molecule has 0 aliphatic carbocycles. The van der Waals surface area contributed by atoms with Crippen molar-refractivity contribution >= 4 is 12.1 Å². The first-order valence-corrected chi connectivity index (χ1v) is 3.70. The number of hydrogen-bond donors (Lipinski definition) is 3. The molecule has 0 bridgehead atoms. The van der Waals surface area contributed by atoms with Crippen molar-refractivity contribution in [3.8, 4) is 0 Å². The molecule has 0 aromatic carbocycles. The molecule has 0 heterocycles. The predicted molar refractivity (Wildman–Crippen MR) is 48.2 cm³/mol. The SMILES string of the molecule is CC(C)(C)NC(=O)/C(C=[NH2+])=C/N. The Morgan fingerprint density at radius 3 is 2.25 bits per heavy atom. The molecule has 4 nitrogen and oxygen atoms in total. The molecule has 0 aromatic heterocycles. The first-order chi connectivity index (χ1) is 5.40. The first-order valence-electron chi connectivity index (χ1n) is 3.70. The van der Waals surface area contributed by atoms with Gasteiger partial charge in [0.1, 0.15) is 5.57 Å². The van der Waals surface area contributed by atoms with Crippen LogP contribution in [0.15, 0.2) is 11.8 Å². The molecule has 5 N–H and O–H groups in total. The summed E-state index contributed by atoms with van der Waals surface area (Å²) in [6.45, 7) is 5.65. The summed E-state index contributed by atoms with van der Waals surface area (Å²) in [5, 5.41) is 7.89. The number of nitrogens with one attached hydrogen (secondary N) is 1. The maximum absolute atomic E-state index is 11.3. The number of hydrogen-bond acceptors (Lipinski definition) is 2. The zero-order valence-corrected chi connectivity index (χ0v) is 7.72. The molecule has 0 rings (SSSR count). The molecular weight excluding hydrogens is 154 g/mol. The van der Waals surface area contributed by atoms with Gasteiger partial charge < -0.3 is 11.1 Å². The zero-order valence-electron chi connectivity index (χ0n) is 7.72. The summed E-state index contributed by atoms with van der Waals surface area (Å²) in [6.07, 6.45) is 2.36.